The van der Waals surface area contributed by atoms with E-state index >= 15 is 0 Å². The molecule has 0 amide bonds. The molecule has 0 radical (unpaired) electrons. The summed E-state index contributed by atoms with van der Waals surface area (Å²) in [4.78, 5) is 2.65. The largest absolute Gasteiger partial charge is 0.300 e. The molecule has 1 aliphatic rings. The van der Waals surface area contributed by atoms with E-state index in [0.29, 0.717) is 0 Å². The molecule has 1 nitrogen and oxygen atoms in total. The highest BCUT2D eigenvalue weighted by atomic mass is 79.9. The third kappa shape index (κ3) is 3.99. The Kier molecular flexibility index (Phi) is 5.34. The maximum absolute atomic E-state index is 3.47. The second-order valence-corrected chi connectivity index (χ2v) is 5.23. The second kappa shape index (κ2) is 6.02. The molecular weight excluding hydrogens is 226 g/mol. The van der Waals surface area contributed by atoms with Crippen molar-refractivity contribution in [3.05, 3.63) is 0 Å². The van der Waals surface area contributed by atoms with Crippen LogP contribution >= 0.6 is 15.9 Å². The quantitative estimate of drug-likeness (QED) is 0.533. The summed E-state index contributed by atoms with van der Waals surface area (Å²) in [7, 11) is 0. The van der Waals surface area contributed by atoms with Gasteiger partial charge in [-0.25, -0.2) is 0 Å². The van der Waals surface area contributed by atoms with Gasteiger partial charge in [-0.05, 0) is 38.6 Å². The highest BCUT2D eigenvalue weighted by Crippen LogP contribution is 2.22. The van der Waals surface area contributed by atoms with E-state index in [4.69, 9.17) is 0 Å². The van der Waals surface area contributed by atoms with Gasteiger partial charge in [-0.3, -0.25) is 0 Å². The third-order valence-corrected chi connectivity index (χ3v) is 3.55. The van der Waals surface area contributed by atoms with Gasteiger partial charge in [0, 0.05) is 17.9 Å². The molecule has 0 bridgehead atoms. The van der Waals surface area contributed by atoms with Crippen molar-refractivity contribution < 1.29 is 0 Å². The van der Waals surface area contributed by atoms with Crippen molar-refractivity contribution in [1.82, 2.24) is 4.90 Å². The fraction of sp³-hybridized carbons (Fsp3) is 1.00. The van der Waals surface area contributed by atoms with E-state index in [1.54, 1.807) is 0 Å². The summed E-state index contributed by atoms with van der Waals surface area (Å²) in [6, 6.07) is 0.832. The molecule has 1 heterocycles. The highest BCUT2D eigenvalue weighted by molar-refractivity contribution is 9.09. The van der Waals surface area contributed by atoms with Crippen molar-refractivity contribution in [3.8, 4) is 0 Å². The monoisotopic (exact) mass is 247 g/mol. The number of halogens is 1. The molecule has 0 spiro atoms. The van der Waals surface area contributed by atoms with Crippen molar-refractivity contribution in [2.75, 3.05) is 18.4 Å². The molecule has 1 fully saturated rings. The number of hydrogen-bond acceptors (Lipinski definition) is 1. The molecule has 1 rings (SSSR count). The Morgan fingerprint density at radius 2 is 2.00 bits per heavy atom. The molecule has 2 heteroatoms. The van der Waals surface area contributed by atoms with Crippen molar-refractivity contribution >= 4 is 15.9 Å². The molecule has 0 N–H and O–H groups in total. The Balaban J connectivity index is 2.07. The van der Waals surface area contributed by atoms with Gasteiger partial charge in [0.05, 0.1) is 0 Å². The first-order valence-electron chi connectivity index (χ1n) is 5.54. The zero-order chi connectivity index (χ0) is 9.68. The van der Waals surface area contributed by atoms with Crippen molar-refractivity contribution in [2.45, 2.75) is 45.6 Å². The van der Waals surface area contributed by atoms with Crippen LogP contribution in [0.2, 0.25) is 0 Å². The van der Waals surface area contributed by atoms with Gasteiger partial charge in [-0.2, -0.15) is 0 Å². The molecule has 13 heavy (non-hydrogen) atoms. The van der Waals surface area contributed by atoms with Gasteiger partial charge in [-0.15, -0.1) is 0 Å². The van der Waals surface area contributed by atoms with E-state index in [-0.39, 0.29) is 0 Å². The van der Waals surface area contributed by atoms with Crippen LogP contribution in [-0.4, -0.2) is 29.4 Å². The van der Waals surface area contributed by atoms with E-state index in [9.17, 15) is 0 Å². The smallest absolute Gasteiger partial charge is 0.00700 e. The maximum Gasteiger partial charge on any atom is 0.00700 e. The summed E-state index contributed by atoms with van der Waals surface area (Å²) in [5.41, 5.74) is 0. The lowest BCUT2D eigenvalue weighted by Gasteiger charge is -2.20. The fourth-order valence-electron chi connectivity index (χ4n) is 2.28. The normalized spacial score (nSPS) is 29.8. The van der Waals surface area contributed by atoms with E-state index in [2.05, 4.69) is 34.7 Å². The first-order valence-corrected chi connectivity index (χ1v) is 6.66. The summed E-state index contributed by atoms with van der Waals surface area (Å²) >= 11 is 3.47. The van der Waals surface area contributed by atoms with Crippen LogP contribution in [0.15, 0.2) is 0 Å². The van der Waals surface area contributed by atoms with Crippen molar-refractivity contribution in [1.29, 1.82) is 0 Å². The minimum absolute atomic E-state index is 0.832. The van der Waals surface area contributed by atoms with E-state index in [0.717, 1.165) is 12.0 Å². The molecule has 2 unspecified atom stereocenters. The van der Waals surface area contributed by atoms with Crippen LogP contribution in [-0.2, 0) is 0 Å². The number of likely N-dealkylation sites (tertiary alicyclic amines) is 1. The Morgan fingerprint density at radius 1 is 1.23 bits per heavy atom. The average Bonchev–Trinajstić information content (AvgIpc) is 2.39. The van der Waals surface area contributed by atoms with Crippen LogP contribution < -0.4 is 0 Å². The minimum atomic E-state index is 0.832. The lowest BCUT2D eigenvalue weighted by Crippen LogP contribution is -2.28. The Hall–Kier alpha value is 0.440. The minimum Gasteiger partial charge on any atom is -0.300 e. The van der Waals surface area contributed by atoms with Gasteiger partial charge in [0.25, 0.3) is 0 Å². The average molecular weight is 248 g/mol. The highest BCUT2D eigenvalue weighted by Gasteiger charge is 2.24. The lowest BCUT2D eigenvalue weighted by atomic mass is 10.1. The molecule has 0 aliphatic carbocycles. The summed E-state index contributed by atoms with van der Waals surface area (Å²) in [6.07, 6.45) is 5.49. The van der Waals surface area contributed by atoms with E-state index in [1.165, 1.54) is 44.1 Å². The maximum atomic E-state index is 3.47. The fourth-order valence-corrected chi connectivity index (χ4v) is 2.68. The third-order valence-electron chi connectivity index (χ3n) is 2.99. The molecule has 0 saturated carbocycles. The van der Waals surface area contributed by atoms with Gasteiger partial charge in [-0.1, -0.05) is 29.3 Å². The predicted octanol–water partition coefficient (Wildman–Crippen LogP) is 3.28. The molecule has 1 aliphatic heterocycles. The van der Waals surface area contributed by atoms with Crippen LogP contribution in [0.25, 0.3) is 0 Å². The van der Waals surface area contributed by atoms with Crippen LogP contribution in [0.1, 0.15) is 39.5 Å². The van der Waals surface area contributed by atoms with Gasteiger partial charge in [0.2, 0.25) is 0 Å². The molecule has 1 saturated heterocycles. The second-order valence-electron chi connectivity index (χ2n) is 4.43. The van der Waals surface area contributed by atoms with Crippen molar-refractivity contribution in [2.24, 2.45) is 5.92 Å². The van der Waals surface area contributed by atoms with Crippen molar-refractivity contribution in [3.63, 3.8) is 0 Å². The SMILES string of the molecule is CC1CC(C)N(CCCCCBr)C1. The molecule has 0 aromatic rings. The van der Waals surface area contributed by atoms with Crippen LogP contribution in [0, 0.1) is 5.92 Å². The Bertz CT molecular complexity index is 138. The lowest BCUT2D eigenvalue weighted by molar-refractivity contribution is 0.259. The standard InChI is InChI=1S/C11H22BrN/c1-10-8-11(2)13(9-10)7-5-3-4-6-12/h10-11H,3-9H2,1-2H3. The summed E-state index contributed by atoms with van der Waals surface area (Å²) in [5, 5.41) is 1.17. The number of rotatable bonds is 5. The van der Waals surface area contributed by atoms with Gasteiger partial charge in [0.1, 0.15) is 0 Å². The summed E-state index contributed by atoms with van der Waals surface area (Å²) < 4.78 is 0. The molecule has 2 atom stereocenters. The summed E-state index contributed by atoms with van der Waals surface area (Å²) in [6.45, 7) is 7.39. The zero-order valence-electron chi connectivity index (χ0n) is 8.93. The van der Waals surface area contributed by atoms with Crippen LogP contribution in [0.4, 0.5) is 0 Å². The van der Waals surface area contributed by atoms with Gasteiger partial charge < -0.3 is 4.90 Å². The predicted molar refractivity (Wildman–Crippen MR) is 62.5 cm³/mol. The Morgan fingerprint density at radius 3 is 2.54 bits per heavy atom. The Labute approximate surface area is 91.0 Å². The van der Waals surface area contributed by atoms with Gasteiger partial charge in [0.15, 0.2) is 0 Å². The number of alkyl halides is 1. The number of unbranched alkanes of at least 4 members (excludes halogenated alkanes) is 2. The van der Waals surface area contributed by atoms with E-state index in [1.807, 2.05) is 0 Å². The number of nitrogens with zero attached hydrogens (tertiary/aromatic N) is 1. The van der Waals surface area contributed by atoms with Gasteiger partial charge >= 0.3 is 0 Å². The molecule has 0 aromatic carbocycles. The first kappa shape index (κ1) is 11.5. The summed E-state index contributed by atoms with van der Waals surface area (Å²) in [5.74, 6) is 0.922. The van der Waals surface area contributed by atoms with Crippen LogP contribution in [0.5, 0.6) is 0 Å². The number of hydrogen-bond donors (Lipinski definition) is 0. The molecule has 0 aromatic heterocycles. The first-order chi connectivity index (χ1) is 6.24. The molecular formula is C11H22BrN. The van der Waals surface area contributed by atoms with Crippen LogP contribution in [0.3, 0.4) is 0 Å². The topological polar surface area (TPSA) is 3.24 Å². The van der Waals surface area contributed by atoms with E-state index < -0.39 is 0 Å². The molecule has 78 valence electrons. The zero-order valence-corrected chi connectivity index (χ0v) is 10.5.